The minimum absolute atomic E-state index is 0.615. The van der Waals surface area contributed by atoms with Crippen LogP contribution >= 0.6 is 23.1 Å². The Morgan fingerprint density at radius 2 is 1.93 bits per heavy atom. The van der Waals surface area contributed by atoms with E-state index in [0.717, 1.165) is 0 Å². The first-order chi connectivity index (χ1) is 6.88. The Kier molecular flexibility index (Phi) is 3.24. The van der Waals surface area contributed by atoms with E-state index < -0.39 is 0 Å². The van der Waals surface area contributed by atoms with E-state index in [9.17, 15) is 0 Å². The van der Waals surface area contributed by atoms with E-state index in [4.69, 9.17) is 5.73 Å². The van der Waals surface area contributed by atoms with Crippen LogP contribution in [0.25, 0.3) is 0 Å². The summed E-state index contributed by atoms with van der Waals surface area (Å²) in [7, 11) is 0. The number of rotatable bonds is 3. The summed E-state index contributed by atoms with van der Waals surface area (Å²) in [5.41, 5.74) is 6.71. The van der Waals surface area contributed by atoms with Gasteiger partial charge in [0.1, 0.15) is 0 Å². The van der Waals surface area contributed by atoms with E-state index in [-0.39, 0.29) is 0 Å². The van der Waals surface area contributed by atoms with Crippen molar-refractivity contribution in [3.8, 4) is 0 Å². The van der Waals surface area contributed by atoms with Crippen LogP contribution in [-0.2, 0) is 6.54 Å². The molecule has 1 aromatic heterocycles. The summed E-state index contributed by atoms with van der Waals surface area (Å²) in [5, 5.41) is 2.09. The molecule has 2 rings (SSSR count). The Morgan fingerprint density at radius 1 is 1.14 bits per heavy atom. The van der Waals surface area contributed by atoms with Crippen LogP contribution in [0.2, 0.25) is 0 Å². The van der Waals surface area contributed by atoms with Gasteiger partial charge in [0.25, 0.3) is 0 Å². The third-order valence-electron chi connectivity index (χ3n) is 1.87. The molecule has 0 atom stereocenters. The number of benzene rings is 1. The van der Waals surface area contributed by atoms with E-state index in [1.165, 1.54) is 14.7 Å². The van der Waals surface area contributed by atoms with Crippen molar-refractivity contribution in [2.75, 3.05) is 0 Å². The Morgan fingerprint density at radius 3 is 2.50 bits per heavy atom. The predicted octanol–water partition coefficient (Wildman–Crippen LogP) is 3.36. The molecule has 1 aromatic carbocycles. The second-order valence-corrected chi connectivity index (χ2v) is 5.20. The molecule has 0 aliphatic heterocycles. The minimum Gasteiger partial charge on any atom is -0.326 e. The average Bonchev–Trinajstić information content (AvgIpc) is 2.72. The smallest absolute Gasteiger partial charge is 0.0646 e. The quantitative estimate of drug-likeness (QED) is 0.860. The molecule has 0 spiro atoms. The first-order valence-electron chi connectivity index (χ1n) is 4.39. The number of hydrogen-bond donors (Lipinski definition) is 1. The van der Waals surface area contributed by atoms with Crippen LogP contribution in [0, 0.1) is 0 Å². The summed E-state index contributed by atoms with van der Waals surface area (Å²) < 4.78 is 1.32. The first kappa shape index (κ1) is 9.77. The van der Waals surface area contributed by atoms with Crippen LogP contribution in [-0.4, -0.2) is 0 Å². The fourth-order valence-electron chi connectivity index (χ4n) is 1.13. The van der Waals surface area contributed by atoms with Gasteiger partial charge in [0, 0.05) is 11.4 Å². The Balaban J connectivity index is 2.10. The third kappa shape index (κ3) is 2.38. The van der Waals surface area contributed by atoms with Gasteiger partial charge in [-0.3, -0.25) is 0 Å². The molecule has 0 aliphatic rings. The lowest BCUT2D eigenvalue weighted by atomic mass is 10.2. The molecule has 14 heavy (non-hydrogen) atoms. The van der Waals surface area contributed by atoms with E-state index in [1.807, 2.05) is 0 Å². The Hall–Kier alpha value is -0.770. The second-order valence-electron chi connectivity index (χ2n) is 2.88. The first-order valence-corrected chi connectivity index (χ1v) is 6.08. The monoisotopic (exact) mass is 221 g/mol. The number of hydrogen-bond acceptors (Lipinski definition) is 3. The zero-order chi connectivity index (χ0) is 9.80. The van der Waals surface area contributed by atoms with Crippen molar-refractivity contribution in [1.29, 1.82) is 0 Å². The molecule has 3 heteroatoms. The highest BCUT2D eigenvalue weighted by Crippen LogP contribution is 2.30. The van der Waals surface area contributed by atoms with Gasteiger partial charge in [0.15, 0.2) is 0 Å². The van der Waals surface area contributed by atoms with Gasteiger partial charge < -0.3 is 5.73 Å². The third-order valence-corrected chi connectivity index (χ3v) is 3.92. The summed E-state index contributed by atoms with van der Waals surface area (Å²) in [6.07, 6.45) is 0. The van der Waals surface area contributed by atoms with Crippen molar-refractivity contribution in [1.82, 2.24) is 0 Å². The van der Waals surface area contributed by atoms with Crippen LogP contribution < -0.4 is 5.73 Å². The van der Waals surface area contributed by atoms with Crippen molar-refractivity contribution < 1.29 is 0 Å². The summed E-state index contributed by atoms with van der Waals surface area (Å²) in [6, 6.07) is 12.6. The van der Waals surface area contributed by atoms with Crippen LogP contribution in [0.3, 0.4) is 0 Å². The topological polar surface area (TPSA) is 26.0 Å². The van der Waals surface area contributed by atoms with Crippen molar-refractivity contribution in [3.05, 3.63) is 47.3 Å². The van der Waals surface area contributed by atoms with Crippen molar-refractivity contribution in [2.24, 2.45) is 5.73 Å². The van der Waals surface area contributed by atoms with Crippen molar-refractivity contribution >= 4 is 23.1 Å². The molecule has 0 bridgehead atoms. The molecular weight excluding hydrogens is 210 g/mol. The van der Waals surface area contributed by atoms with E-state index in [0.29, 0.717) is 6.54 Å². The Bertz CT molecular complexity index is 378. The molecule has 0 fully saturated rings. The fourth-order valence-corrected chi connectivity index (χ4v) is 2.88. The SMILES string of the molecule is NCc1ccc(Sc2cccs2)cc1. The second kappa shape index (κ2) is 4.64. The van der Waals surface area contributed by atoms with Gasteiger partial charge in [-0.05, 0) is 29.1 Å². The maximum Gasteiger partial charge on any atom is 0.0646 e. The highest BCUT2D eigenvalue weighted by Gasteiger charge is 1.97. The predicted molar refractivity (Wildman–Crippen MR) is 62.8 cm³/mol. The zero-order valence-electron chi connectivity index (χ0n) is 7.64. The van der Waals surface area contributed by atoms with Gasteiger partial charge in [0.2, 0.25) is 0 Å². The maximum absolute atomic E-state index is 5.53. The van der Waals surface area contributed by atoms with E-state index in [2.05, 4.69) is 41.8 Å². The van der Waals surface area contributed by atoms with E-state index in [1.54, 1.807) is 23.1 Å². The number of nitrogens with two attached hydrogens (primary N) is 1. The molecule has 0 unspecified atom stereocenters. The lowest BCUT2D eigenvalue weighted by Crippen LogP contribution is -1.94. The van der Waals surface area contributed by atoms with E-state index >= 15 is 0 Å². The molecule has 0 radical (unpaired) electrons. The lowest BCUT2D eigenvalue weighted by molar-refractivity contribution is 1.07. The van der Waals surface area contributed by atoms with Crippen LogP contribution in [0.5, 0.6) is 0 Å². The maximum atomic E-state index is 5.53. The molecule has 1 heterocycles. The van der Waals surface area contributed by atoms with Gasteiger partial charge in [-0.1, -0.05) is 30.0 Å². The highest BCUT2D eigenvalue weighted by molar-refractivity contribution is 8.01. The molecular formula is C11H11NS2. The molecule has 0 saturated heterocycles. The number of thiophene rings is 1. The van der Waals surface area contributed by atoms with Crippen LogP contribution in [0.15, 0.2) is 50.9 Å². The molecule has 2 aromatic rings. The van der Waals surface area contributed by atoms with Gasteiger partial charge in [0.05, 0.1) is 4.21 Å². The molecule has 0 amide bonds. The summed E-state index contributed by atoms with van der Waals surface area (Å²) in [4.78, 5) is 1.27. The van der Waals surface area contributed by atoms with Crippen LogP contribution in [0.4, 0.5) is 0 Å². The van der Waals surface area contributed by atoms with Crippen LogP contribution in [0.1, 0.15) is 5.56 Å². The minimum atomic E-state index is 0.615. The van der Waals surface area contributed by atoms with Crippen molar-refractivity contribution in [3.63, 3.8) is 0 Å². The van der Waals surface area contributed by atoms with Gasteiger partial charge in [-0.15, -0.1) is 11.3 Å². The largest absolute Gasteiger partial charge is 0.326 e. The summed E-state index contributed by atoms with van der Waals surface area (Å²) in [6.45, 7) is 0.615. The fraction of sp³-hybridized carbons (Fsp3) is 0.0909. The average molecular weight is 221 g/mol. The molecule has 0 aliphatic carbocycles. The molecule has 0 saturated carbocycles. The van der Waals surface area contributed by atoms with Crippen molar-refractivity contribution in [2.45, 2.75) is 15.6 Å². The summed E-state index contributed by atoms with van der Waals surface area (Å²) >= 11 is 3.56. The standard InChI is InChI=1S/C11H11NS2/c12-8-9-3-5-10(6-4-9)14-11-2-1-7-13-11/h1-7H,8,12H2. The Labute approximate surface area is 92.0 Å². The van der Waals surface area contributed by atoms with Gasteiger partial charge in [-0.25, -0.2) is 0 Å². The highest BCUT2D eigenvalue weighted by atomic mass is 32.2. The molecule has 1 nitrogen and oxygen atoms in total. The molecule has 2 N–H and O–H groups in total. The van der Waals surface area contributed by atoms with Gasteiger partial charge >= 0.3 is 0 Å². The normalized spacial score (nSPS) is 10.4. The zero-order valence-corrected chi connectivity index (χ0v) is 9.28. The summed E-state index contributed by atoms with van der Waals surface area (Å²) in [5.74, 6) is 0. The lowest BCUT2D eigenvalue weighted by Gasteiger charge is -2.00. The van der Waals surface area contributed by atoms with Gasteiger partial charge in [-0.2, -0.15) is 0 Å². The molecule has 72 valence electrons.